The third kappa shape index (κ3) is 2.57. The Morgan fingerprint density at radius 1 is 1.67 bits per heavy atom. The average Bonchev–Trinajstić information content (AvgIpc) is 2.81. The van der Waals surface area contributed by atoms with Crippen molar-refractivity contribution in [3.05, 3.63) is 22.4 Å². The summed E-state index contributed by atoms with van der Waals surface area (Å²) >= 11 is 1.73. The Balaban J connectivity index is 1.93. The molecular formula is C11H15N3S. The SMILES string of the molecule is N#CC1(NCc2cccs2)CCCNC1. The van der Waals surface area contributed by atoms with Crippen molar-refractivity contribution >= 4 is 11.3 Å². The Bertz CT molecular complexity index is 333. The molecular weight excluding hydrogens is 206 g/mol. The molecule has 0 bridgehead atoms. The fourth-order valence-electron chi connectivity index (χ4n) is 1.86. The standard InChI is InChI=1S/C11H15N3S/c12-8-11(4-2-5-13-9-11)14-7-10-3-1-6-15-10/h1,3,6,13-14H,2,4-5,7,9H2. The molecule has 3 nitrogen and oxygen atoms in total. The number of piperidine rings is 1. The minimum atomic E-state index is -0.359. The molecule has 0 saturated carbocycles. The van der Waals surface area contributed by atoms with Gasteiger partial charge < -0.3 is 5.32 Å². The summed E-state index contributed by atoms with van der Waals surface area (Å²) < 4.78 is 0. The Kier molecular flexibility index (Phi) is 3.37. The van der Waals surface area contributed by atoms with Crippen LogP contribution >= 0.6 is 11.3 Å². The predicted octanol–water partition coefficient (Wildman–Crippen LogP) is 1.48. The molecule has 0 radical (unpaired) electrons. The molecule has 0 spiro atoms. The summed E-state index contributed by atoms with van der Waals surface area (Å²) in [6, 6.07) is 6.55. The third-order valence-electron chi connectivity index (χ3n) is 2.78. The van der Waals surface area contributed by atoms with Gasteiger partial charge in [-0.2, -0.15) is 5.26 Å². The van der Waals surface area contributed by atoms with Gasteiger partial charge in [-0.15, -0.1) is 11.3 Å². The van der Waals surface area contributed by atoms with Crippen LogP contribution in [0.25, 0.3) is 0 Å². The van der Waals surface area contributed by atoms with Crippen LogP contribution < -0.4 is 10.6 Å². The highest BCUT2D eigenvalue weighted by Crippen LogP contribution is 2.17. The van der Waals surface area contributed by atoms with Gasteiger partial charge in [-0.05, 0) is 30.8 Å². The number of nitrogens with zero attached hydrogens (tertiary/aromatic N) is 1. The maximum absolute atomic E-state index is 9.22. The van der Waals surface area contributed by atoms with Gasteiger partial charge >= 0.3 is 0 Å². The Morgan fingerprint density at radius 2 is 2.60 bits per heavy atom. The molecule has 1 atom stereocenters. The fraction of sp³-hybridized carbons (Fsp3) is 0.545. The van der Waals surface area contributed by atoms with E-state index < -0.39 is 0 Å². The van der Waals surface area contributed by atoms with E-state index in [9.17, 15) is 5.26 Å². The van der Waals surface area contributed by atoms with Crippen LogP contribution in [0.3, 0.4) is 0 Å². The summed E-state index contributed by atoms with van der Waals surface area (Å²) in [6.45, 7) is 2.59. The second-order valence-corrected chi connectivity index (χ2v) is 4.94. The van der Waals surface area contributed by atoms with Crippen molar-refractivity contribution in [2.75, 3.05) is 13.1 Å². The molecule has 0 aliphatic carbocycles. The Hall–Kier alpha value is -0.890. The number of nitrogens with one attached hydrogen (secondary N) is 2. The van der Waals surface area contributed by atoms with E-state index >= 15 is 0 Å². The van der Waals surface area contributed by atoms with E-state index in [2.05, 4.69) is 28.1 Å². The van der Waals surface area contributed by atoms with Crippen molar-refractivity contribution in [1.29, 1.82) is 5.26 Å². The number of rotatable bonds is 3. The van der Waals surface area contributed by atoms with E-state index in [0.29, 0.717) is 0 Å². The normalized spacial score (nSPS) is 26.1. The molecule has 1 fully saturated rings. The van der Waals surface area contributed by atoms with Crippen LogP contribution in [0.1, 0.15) is 17.7 Å². The van der Waals surface area contributed by atoms with Crippen LogP contribution in [0, 0.1) is 11.3 Å². The molecule has 2 heterocycles. The summed E-state index contributed by atoms with van der Waals surface area (Å²) in [4.78, 5) is 1.29. The monoisotopic (exact) mass is 221 g/mol. The zero-order valence-electron chi connectivity index (χ0n) is 8.62. The molecule has 2 N–H and O–H groups in total. The van der Waals surface area contributed by atoms with Gasteiger partial charge in [0, 0.05) is 18.0 Å². The maximum Gasteiger partial charge on any atom is 0.119 e. The first-order valence-electron chi connectivity index (χ1n) is 5.24. The average molecular weight is 221 g/mol. The van der Waals surface area contributed by atoms with Gasteiger partial charge in [0.1, 0.15) is 5.54 Å². The lowest BCUT2D eigenvalue weighted by molar-refractivity contribution is 0.314. The Labute approximate surface area is 94.1 Å². The van der Waals surface area contributed by atoms with E-state index in [1.807, 2.05) is 6.07 Å². The van der Waals surface area contributed by atoms with Crippen molar-refractivity contribution in [3.63, 3.8) is 0 Å². The first kappa shape index (κ1) is 10.6. The zero-order valence-corrected chi connectivity index (χ0v) is 9.44. The molecule has 4 heteroatoms. The van der Waals surface area contributed by atoms with Gasteiger partial charge in [0.15, 0.2) is 0 Å². The maximum atomic E-state index is 9.22. The Morgan fingerprint density at radius 3 is 3.20 bits per heavy atom. The van der Waals surface area contributed by atoms with E-state index in [1.54, 1.807) is 11.3 Å². The molecule has 1 aromatic rings. The predicted molar refractivity (Wildman–Crippen MR) is 61.6 cm³/mol. The molecule has 80 valence electrons. The smallest absolute Gasteiger partial charge is 0.119 e. The quantitative estimate of drug-likeness (QED) is 0.813. The summed E-state index contributed by atoms with van der Waals surface area (Å²) in [5.74, 6) is 0. The number of nitriles is 1. The first-order valence-corrected chi connectivity index (χ1v) is 6.12. The lowest BCUT2D eigenvalue weighted by atomic mass is 9.92. The summed E-state index contributed by atoms with van der Waals surface area (Å²) in [6.07, 6.45) is 2.02. The molecule has 15 heavy (non-hydrogen) atoms. The molecule has 1 aliphatic heterocycles. The molecule has 1 aromatic heterocycles. The van der Waals surface area contributed by atoms with Gasteiger partial charge in [0.2, 0.25) is 0 Å². The minimum Gasteiger partial charge on any atom is -0.314 e. The molecule has 0 aromatic carbocycles. The highest BCUT2D eigenvalue weighted by atomic mass is 32.1. The van der Waals surface area contributed by atoms with Crippen LogP contribution in [0.5, 0.6) is 0 Å². The van der Waals surface area contributed by atoms with E-state index in [1.165, 1.54) is 4.88 Å². The summed E-state index contributed by atoms with van der Waals surface area (Å²) in [5.41, 5.74) is -0.359. The lowest BCUT2D eigenvalue weighted by Crippen LogP contribution is -2.54. The number of hydrogen-bond donors (Lipinski definition) is 2. The molecule has 1 unspecified atom stereocenters. The molecule has 2 rings (SSSR count). The summed E-state index contributed by atoms with van der Waals surface area (Å²) in [7, 11) is 0. The molecule has 1 saturated heterocycles. The van der Waals surface area contributed by atoms with Gasteiger partial charge in [0.25, 0.3) is 0 Å². The highest BCUT2D eigenvalue weighted by molar-refractivity contribution is 7.09. The molecule has 0 amide bonds. The summed E-state index contributed by atoms with van der Waals surface area (Å²) in [5, 5.41) is 17.9. The van der Waals surface area contributed by atoms with E-state index in [0.717, 1.165) is 32.5 Å². The van der Waals surface area contributed by atoms with Crippen LogP contribution in [0.2, 0.25) is 0 Å². The topological polar surface area (TPSA) is 47.9 Å². The van der Waals surface area contributed by atoms with Crippen molar-refractivity contribution < 1.29 is 0 Å². The van der Waals surface area contributed by atoms with Gasteiger partial charge in [-0.1, -0.05) is 6.07 Å². The van der Waals surface area contributed by atoms with Gasteiger partial charge in [-0.25, -0.2) is 0 Å². The van der Waals surface area contributed by atoms with Crippen molar-refractivity contribution in [3.8, 4) is 6.07 Å². The second kappa shape index (κ2) is 4.75. The van der Waals surface area contributed by atoms with Gasteiger partial charge in [0.05, 0.1) is 6.07 Å². The second-order valence-electron chi connectivity index (χ2n) is 3.91. The van der Waals surface area contributed by atoms with E-state index in [4.69, 9.17) is 0 Å². The van der Waals surface area contributed by atoms with E-state index in [-0.39, 0.29) is 5.54 Å². The van der Waals surface area contributed by atoms with Crippen LogP contribution in [0.4, 0.5) is 0 Å². The first-order chi connectivity index (χ1) is 7.35. The minimum absolute atomic E-state index is 0.359. The molecule has 1 aliphatic rings. The third-order valence-corrected chi connectivity index (χ3v) is 3.66. The largest absolute Gasteiger partial charge is 0.314 e. The van der Waals surface area contributed by atoms with Crippen LogP contribution in [-0.2, 0) is 6.54 Å². The zero-order chi connectivity index (χ0) is 10.6. The lowest BCUT2D eigenvalue weighted by Gasteiger charge is -2.32. The van der Waals surface area contributed by atoms with Crippen molar-refractivity contribution in [1.82, 2.24) is 10.6 Å². The van der Waals surface area contributed by atoms with Crippen molar-refractivity contribution in [2.45, 2.75) is 24.9 Å². The van der Waals surface area contributed by atoms with Crippen LogP contribution in [0.15, 0.2) is 17.5 Å². The van der Waals surface area contributed by atoms with Crippen LogP contribution in [-0.4, -0.2) is 18.6 Å². The number of hydrogen-bond acceptors (Lipinski definition) is 4. The number of thiophene rings is 1. The van der Waals surface area contributed by atoms with Gasteiger partial charge in [-0.3, -0.25) is 5.32 Å². The van der Waals surface area contributed by atoms with Crippen molar-refractivity contribution in [2.24, 2.45) is 0 Å². The fourth-order valence-corrected chi connectivity index (χ4v) is 2.51. The highest BCUT2D eigenvalue weighted by Gasteiger charge is 2.31.